The van der Waals surface area contributed by atoms with Crippen LogP contribution < -0.4 is 9.47 Å². The highest BCUT2D eigenvalue weighted by molar-refractivity contribution is 14.1. The number of carbonyl (C=O) groups excluding carboxylic acids is 2. The fraction of sp³-hybridized carbons (Fsp3) is 0.120. The van der Waals surface area contributed by atoms with E-state index >= 15 is 0 Å². The Hall–Kier alpha value is -2.56. The molecule has 5 nitrogen and oxygen atoms in total. The van der Waals surface area contributed by atoms with Gasteiger partial charge in [0.05, 0.1) is 22.1 Å². The molecule has 1 heterocycles. The zero-order valence-corrected chi connectivity index (χ0v) is 21.6. The molecule has 0 aromatic heterocycles. The van der Waals surface area contributed by atoms with Crippen LogP contribution in [0.1, 0.15) is 16.7 Å². The maximum atomic E-state index is 13.3. The van der Waals surface area contributed by atoms with Crippen molar-refractivity contribution < 1.29 is 23.5 Å². The van der Waals surface area contributed by atoms with Gasteiger partial charge < -0.3 is 9.47 Å². The highest BCUT2D eigenvalue weighted by Gasteiger charge is 2.35. The molecule has 0 aliphatic carbocycles. The third-order valence-corrected chi connectivity index (χ3v) is 7.05. The lowest BCUT2D eigenvalue weighted by Crippen LogP contribution is -2.27. The molecule has 34 heavy (non-hydrogen) atoms. The van der Waals surface area contributed by atoms with Gasteiger partial charge in [-0.1, -0.05) is 48.0 Å². The van der Waals surface area contributed by atoms with Gasteiger partial charge in [-0.2, -0.15) is 0 Å². The van der Waals surface area contributed by atoms with Gasteiger partial charge in [0, 0.05) is 5.02 Å². The van der Waals surface area contributed by atoms with E-state index in [1.807, 2.05) is 36.4 Å². The maximum Gasteiger partial charge on any atom is 0.293 e. The minimum absolute atomic E-state index is 0.0335. The minimum Gasteiger partial charge on any atom is -0.493 e. The monoisotopic (exact) mass is 609 g/mol. The number of amides is 2. The zero-order chi connectivity index (χ0) is 24.2. The first-order valence-corrected chi connectivity index (χ1v) is 12.4. The topological polar surface area (TPSA) is 55.8 Å². The van der Waals surface area contributed by atoms with Crippen LogP contribution in [0.2, 0.25) is 5.02 Å². The van der Waals surface area contributed by atoms with Crippen LogP contribution in [-0.4, -0.2) is 23.2 Å². The summed E-state index contributed by atoms with van der Waals surface area (Å²) in [5.74, 6) is 0.200. The first-order valence-electron chi connectivity index (χ1n) is 10.1. The summed E-state index contributed by atoms with van der Waals surface area (Å²) >= 11 is 9.06. The Bertz CT molecular complexity index is 1290. The van der Waals surface area contributed by atoms with Gasteiger partial charge in [0.2, 0.25) is 0 Å². The molecule has 9 heteroatoms. The molecule has 0 saturated carbocycles. The number of rotatable bonds is 7. The molecule has 0 unspecified atom stereocenters. The Kier molecular flexibility index (Phi) is 7.80. The summed E-state index contributed by atoms with van der Waals surface area (Å²) in [6.45, 7) is 0.353. The van der Waals surface area contributed by atoms with Gasteiger partial charge in [0.25, 0.3) is 11.1 Å². The van der Waals surface area contributed by atoms with E-state index < -0.39 is 17.0 Å². The number of thioether (sulfide) groups is 1. The van der Waals surface area contributed by atoms with E-state index in [0.29, 0.717) is 29.2 Å². The lowest BCUT2D eigenvalue weighted by atomic mass is 10.1. The average molecular weight is 610 g/mol. The summed E-state index contributed by atoms with van der Waals surface area (Å²) in [6, 6.07) is 17.3. The van der Waals surface area contributed by atoms with E-state index in [2.05, 4.69) is 22.6 Å². The van der Waals surface area contributed by atoms with Gasteiger partial charge in [-0.3, -0.25) is 14.5 Å². The molecule has 1 aliphatic rings. The Morgan fingerprint density at radius 3 is 2.59 bits per heavy atom. The van der Waals surface area contributed by atoms with E-state index in [0.717, 1.165) is 31.9 Å². The molecule has 0 N–H and O–H groups in total. The van der Waals surface area contributed by atoms with Crippen LogP contribution >= 0.6 is 46.0 Å². The third-order valence-electron chi connectivity index (χ3n) is 4.99. The Morgan fingerprint density at radius 2 is 1.88 bits per heavy atom. The van der Waals surface area contributed by atoms with Crippen LogP contribution in [0.5, 0.6) is 11.5 Å². The second-order valence-corrected chi connectivity index (χ2v) is 9.87. The maximum absolute atomic E-state index is 13.3. The summed E-state index contributed by atoms with van der Waals surface area (Å²) in [7, 11) is 1.55. The zero-order valence-electron chi connectivity index (χ0n) is 17.9. The van der Waals surface area contributed by atoms with E-state index in [1.165, 1.54) is 12.1 Å². The molecular weight excluding hydrogens is 592 g/mol. The number of ether oxygens (including phenoxy) is 2. The van der Waals surface area contributed by atoms with Gasteiger partial charge in [-0.15, -0.1) is 0 Å². The predicted octanol–water partition coefficient (Wildman–Crippen LogP) is 6.91. The first-order chi connectivity index (χ1) is 16.4. The molecule has 174 valence electrons. The van der Waals surface area contributed by atoms with E-state index in [-0.39, 0.29) is 16.5 Å². The number of imide groups is 1. The molecule has 3 aromatic rings. The Labute approximate surface area is 219 Å². The van der Waals surface area contributed by atoms with Crippen LogP contribution in [0.25, 0.3) is 6.08 Å². The summed E-state index contributed by atoms with van der Waals surface area (Å²) < 4.78 is 25.6. The normalized spacial score (nSPS) is 14.7. The van der Waals surface area contributed by atoms with Crippen molar-refractivity contribution in [3.63, 3.8) is 0 Å². The number of hydrogen-bond donors (Lipinski definition) is 0. The average Bonchev–Trinajstić information content (AvgIpc) is 3.07. The molecule has 0 radical (unpaired) electrons. The number of methoxy groups -OCH3 is 1. The van der Waals surface area contributed by atoms with Crippen molar-refractivity contribution in [1.82, 2.24) is 4.90 Å². The molecule has 1 fully saturated rings. The number of carbonyl (C=O) groups is 2. The van der Waals surface area contributed by atoms with Crippen molar-refractivity contribution in [1.29, 1.82) is 0 Å². The van der Waals surface area contributed by atoms with Crippen molar-refractivity contribution in [3.8, 4) is 11.5 Å². The number of halogens is 3. The molecular formula is C25H18ClFINO4S. The van der Waals surface area contributed by atoms with Crippen molar-refractivity contribution in [2.75, 3.05) is 7.11 Å². The fourth-order valence-electron chi connectivity index (χ4n) is 3.30. The van der Waals surface area contributed by atoms with E-state index in [9.17, 15) is 14.0 Å². The Morgan fingerprint density at radius 1 is 1.12 bits per heavy atom. The number of nitrogens with zero attached hydrogens (tertiary/aromatic N) is 1. The minimum atomic E-state index is -0.484. The van der Waals surface area contributed by atoms with Crippen molar-refractivity contribution in [3.05, 3.63) is 96.7 Å². The van der Waals surface area contributed by atoms with E-state index in [1.54, 1.807) is 19.3 Å². The third kappa shape index (κ3) is 5.56. The molecule has 4 rings (SSSR count). The van der Waals surface area contributed by atoms with Crippen LogP contribution in [-0.2, 0) is 17.9 Å². The molecule has 1 saturated heterocycles. The second-order valence-electron chi connectivity index (χ2n) is 7.31. The smallest absolute Gasteiger partial charge is 0.293 e. The van der Waals surface area contributed by atoms with Gasteiger partial charge in [-0.05, 0) is 81.4 Å². The summed E-state index contributed by atoms with van der Waals surface area (Å²) in [4.78, 5) is 26.8. The number of hydrogen-bond acceptors (Lipinski definition) is 5. The van der Waals surface area contributed by atoms with Crippen LogP contribution in [0.15, 0.2) is 65.6 Å². The summed E-state index contributed by atoms with van der Waals surface area (Å²) in [6.07, 6.45) is 1.64. The summed E-state index contributed by atoms with van der Waals surface area (Å²) in [5.41, 5.74) is 2.21. The van der Waals surface area contributed by atoms with Gasteiger partial charge >= 0.3 is 0 Å². The van der Waals surface area contributed by atoms with Crippen molar-refractivity contribution in [2.45, 2.75) is 13.2 Å². The molecule has 0 bridgehead atoms. The van der Waals surface area contributed by atoms with Gasteiger partial charge in [0.15, 0.2) is 11.5 Å². The summed E-state index contributed by atoms with van der Waals surface area (Å²) in [5, 5.41) is -0.255. The highest BCUT2D eigenvalue weighted by Crippen LogP contribution is 2.38. The van der Waals surface area contributed by atoms with Crippen LogP contribution in [0, 0.1) is 9.39 Å². The van der Waals surface area contributed by atoms with Gasteiger partial charge in [0.1, 0.15) is 12.4 Å². The van der Waals surface area contributed by atoms with Crippen LogP contribution in [0.3, 0.4) is 0 Å². The largest absolute Gasteiger partial charge is 0.493 e. The standard InChI is InChI=1S/C25H18ClFINO4S/c1-32-21-10-16(9-20(28)23(21)33-14-15-5-3-2-4-6-15)11-22-24(30)29(25(31)34-22)13-17-7-8-18(27)12-19(17)26/h2-12H,13-14H2,1H3/b22-11+. The van der Waals surface area contributed by atoms with Gasteiger partial charge in [-0.25, -0.2) is 4.39 Å². The van der Waals surface area contributed by atoms with E-state index in [4.69, 9.17) is 21.1 Å². The number of benzene rings is 3. The van der Waals surface area contributed by atoms with Crippen LogP contribution in [0.4, 0.5) is 9.18 Å². The SMILES string of the molecule is COc1cc(/C=C2/SC(=O)N(Cc3ccc(F)cc3Cl)C2=O)cc(I)c1OCc1ccccc1. The first kappa shape index (κ1) is 24.6. The lowest BCUT2D eigenvalue weighted by molar-refractivity contribution is -0.123. The molecule has 3 aromatic carbocycles. The molecule has 0 spiro atoms. The lowest BCUT2D eigenvalue weighted by Gasteiger charge is -2.14. The fourth-order valence-corrected chi connectivity index (χ4v) is 5.15. The molecule has 2 amide bonds. The van der Waals surface area contributed by atoms with Crippen molar-refractivity contribution in [2.24, 2.45) is 0 Å². The van der Waals surface area contributed by atoms with Crippen molar-refractivity contribution >= 4 is 63.2 Å². The molecule has 1 aliphatic heterocycles. The highest BCUT2D eigenvalue weighted by atomic mass is 127. The quantitative estimate of drug-likeness (QED) is 0.215. The predicted molar refractivity (Wildman–Crippen MR) is 139 cm³/mol. The Balaban J connectivity index is 1.54. The molecule has 0 atom stereocenters. The second kappa shape index (κ2) is 10.8.